The van der Waals surface area contributed by atoms with Crippen LogP contribution in [0.1, 0.15) is 49.2 Å². The van der Waals surface area contributed by atoms with Crippen LogP contribution in [0.2, 0.25) is 0 Å². The van der Waals surface area contributed by atoms with Crippen molar-refractivity contribution in [2.75, 3.05) is 13.6 Å². The van der Waals surface area contributed by atoms with Crippen molar-refractivity contribution in [2.24, 2.45) is 16.4 Å². The lowest BCUT2D eigenvalue weighted by Gasteiger charge is -2.33. The van der Waals surface area contributed by atoms with Gasteiger partial charge >= 0.3 is 6.17 Å². The number of aromatic nitrogens is 1. The monoisotopic (exact) mass is 578 g/mol. The number of hydrogen-bond donors (Lipinski definition) is 2. The van der Waals surface area contributed by atoms with Gasteiger partial charge in [0.2, 0.25) is 5.91 Å². The molecule has 3 heterocycles. The Kier molecular flexibility index (Phi) is 7.53. The minimum Gasteiger partial charge on any atom is -0.348 e. The van der Waals surface area contributed by atoms with Crippen molar-refractivity contribution in [2.45, 2.75) is 45.3 Å². The summed E-state index contributed by atoms with van der Waals surface area (Å²) in [5.74, 6) is -5.47. The minimum atomic E-state index is -1.40. The normalized spacial score (nSPS) is 20.9. The van der Waals surface area contributed by atoms with Crippen LogP contribution in [0.5, 0.6) is 0 Å². The molecule has 3 atom stereocenters. The van der Waals surface area contributed by atoms with Crippen molar-refractivity contribution in [3.63, 3.8) is 0 Å². The number of carbonyl (C=O) groups is 3. The van der Waals surface area contributed by atoms with Crippen LogP contribution >= 0.6 is 0 Å². The predicted molar refractivity (Wildman–Crippen MR) is 148 cm³/mol. The SMILES string of the molecule is [C-]#[N+][C@@H]1C[C@@]2(CC(c3ccccc3)=NNC2=O)CN1C(=O)[C@H](CC(C)C)N(C)C(=O)c1cc2c(F)cc(F)c(F)c2[nH]1. The van der Waals surface area contributed by atoms with E-state index in [2.05, 4.69) is 20.4 Å². The summed E-state index contributed by atoms with van der Waals surface area (Å²) in [6.07, 6.45) is -0.408. The Morgan fingerprint density at radius 1 is 1.19 bits per heavy atom. The standard InChI is InChI=1S/C30H29F3N6O3/c1-16(2)10-23(38(4)27(40)21-11-18-19(31)12-20(32)25(33)26(18)35-21)28(41)39-15-30(14-24(39)34-3)13-22(36-37-29(30)42)17-8-6-5-7-9-17/h5-9,11-12,16,23-24,35H,10,13-15H2,1-2,4H3,(H,37,42)/t23-,24-,30-/m0/s1. The number of halogens is 3. The molecule has 1 aromatic heterocycles. The molecule has 2 aliphatic heterocycles. The third-order valence-corrected chi connectivity index (χ3v) is 7.98. The number of likely N-dealkylation sites (N-methyl/N-ethyl adjacent to an activating group) is 1. The third kappa shape index (κ3) is 5.00. The van der Waals surface area contributed by atoms with E-state index in [4.69, 9.17) is 6.57 Å². The van der Waals surface area contributed by atoms with Gasteiger partial charge in [-0.15, -0.1) is 0 Å². The van der Waals surface area contributed by atoms with Crippen LogP contribution in [0.25, 0.3) is 15.7 Å². The van der Waals surface area contributed by atoms with Crippen molar-refractivity contribution in [1.82, 2.24) is 20.2 Å². The molecule has 0 bridgehead atoms. The quantitative estimate of drug-likeness (QED) is 0.334. The smallest absolute Gasteiger partial charge is 0.301 e. The number of amides is 3. The number of nitrogens with one attached hydrogen (secondary N) is 2. The number of aromatic amines is 1. The maximum Gasteiger partial charge on any atom is 0.301 e. The molecule has 42 heavy (non-hydrogen) atoms. The molecule has 2 aromatic carbocycles. The molecule has 2 N–H and O–H groups in total. The average molecular weight is 579 g/mol. The largest absolute Gasteiger partial charge is 0.348 e. The van der Waals surface area contributed by atoms with E-state index in [1.54, 1.807) is 0 Å². The molecule has 9 nitrogen and oxygen atoms in total. The molecule has 0 unspecified atom stereocenters. The summed E-state index contributed by atoms with van der Waals surface area (Å²) in [5.41, 5.74) is 2.21. The maximum absolute atomic E-state index is 14.3. The highest BCUT2D eigenvalue weighted by atomic mass is 19.2. The number of rotatable bonds is 6. The zero-order chi connectivity index (χ0) is 30.3. The fourth-order valence-corrected chi connectivity index (χ4v) is 5.76. The van der Waals surface area contributed by atoms with Crippen molar-refractivity contribution in [3.05, 3.63) is 82.6 Å². The van der Waals surface area contributed by atoms with Gasteiger partial charge in [0.25, 0.3) is 11.8 Å². The van der Waals surface area contributed by atoms with Gasteiger partial charge in [-0.2, -0.15) is 5.10 Å². The lowest BCUT2D eigenvalue weighted by Crippen LogP contribution is -2.52. The van der Waals surface area contributed by atoms with Crippen LogP contribution in [0.4, 0.5) is 13.2 Å². The Morgan fingerprint density at radius 2 is 1.90 bits per heavy atom. The topological polar surface area (TPSA) is 102 Å². The van der Waals surface area contributed by atoms with Gasteiger partial charge in [-0.05, 0) is 24.0 Å². The van der Waals surface area contributed by atoms with E-state index < -0.39 is 52.4 Å². The first kappa shape index (κ1) is 28.9. The van der Waals surface area contributed by atoms with E-state index in [1.165, 1.54) is 11.9 Å². The summed E-state index contributed by atoms with van der Waals surface area (Å²) in [6, 6.07) is 9.72. The highest BCUT2D eigenvalue weighted by Crippen LogP contribution is 2.42. The number of likely N-dealkylation sites (tertiary alicyclic amines) is 1. The van der Waals surface area contributed by atoms with Gasteiger partial charge < -0.3 is 9.88 Å². The summed E-state index contributed by atoms with van der Waals surface area (Å²) < 4.78 is 42.4. The number of benzene rings is 2. The third-order valence-electron chi connectivity index (χ3n) is 7.98. The number of hydrogen-bond acceptors (Lipinski definition) is 4. The fraction of sp³-hybridized carbons (Fsp3) is 0.367. The molecule has 5 rings (SSSR count). The van der Waals surface area contributed by atoms with Crippen LogP contribution in [0.3, 0.4) is 0 Å². The number of carbonyl (C=O) groups excluding carboxylic acids is 3. The predicted octanol–water partition coefficient (Wildman–Crippen LogP) is 4.46. The maximum atomic E-state index is 14.3. The van der Waals surface area contributed by atoms with E-state index in [-0.39, 0.29) is 48.7 Å². The second-order valence-corrected chi connectivity index (χ2v) is 11.3. The van der Waals surface area contributed by atoms with Crippen molar-refractivity contribution < 1.29 is 27.6 Å². The molecule has 1 spiro atoms. The number of nitrogens with zero attached hydrogens (tertiary/aromatic N) is 4. The molecular weight excluding hydrogens is 549 g/mol. The lowest BCUT2D eigenvalue weighted by molar-refractivity contribution is -0.137. The zero-order valence-electron chi connectivity index (χ0n) is 23.2. The van der Waals surface area contributed by atoms with Crippen LogP contribution in [0, 0.1) is 35.4 Å². The fourth-order valence-electron chi connectivity index (χ4n) is 5.76. The van der Waals surface area contributed by atoms with Crippen LogP contribution in [0.15, 0.2) is 47.6 Å². The minimum absolute atomic E-state index is 0.0463. The van der Waals surface area contributed by atoms with E-state index in [9.17, 15) is 27.6 Å². The van der Waals surface area contributed by atoms with Crippen molar-refractivity contribution >= 4 is 34.3 Å². The Bertz CT molecular complexity index is 1650. The van der Waals surface area contributed by atoms with Crippen LogP contribution in [-0.2, 0) is 9.59 Å². The number of hydrazone groups is 1. The Morgan fingerprint density at radius 3 is 2.57 bits per heavy atom. The van der Waals surface area contributed by atoms with Crippen LogP contribution < -0.4 is 5.43 Å². The molecule has 0 saturated carbocycles. The second kappa shape index (κ2) is 11.0. The average Bonchev–Trinajstić information content (AvgIpc) is 3.59. The Hall–Kier alpha value is -4.66. The summed E-state index contributed by atoms with van der Waals surface area (Å²) in [4.78, 5) is 49.3. The number of fused-ring (bicyclic) bond motifs is 1. The van der Waals surface area contributed by atoms with Gasteiger partial charge in [-0.3, -0.25) is 24.1 Å². The molecule has 12 heteroatoms. The molecule has 0 aliphatic carbocycles. The molecular formula is C30H29F3N6O3. The summed E-state index contributed by atoms with van der Waals surface area (Å²) >= 11 is 0. The van der Waals surface area contributed by atoms with Gasteiger partial charge in [0.1, 0.15) is 17.6 Å². The van der Waals surface area contributed by atoms with Crippen LogP contribution in [-0.4, -0.2) is 64.0 Å². The molecule has 218 valence electrons. The molecule has 1 fully saturated rings. The Balaban J connectivity index is 1.44. The molecule has 0 radical (unpaired) electrons. The molecule has 1 saturated heterocycles. The van der Waals surface area contributed by atoms with Gasteiger partial charge in [0.05, 0.1) is 23.1 Å². The van der Waals surface area contributed by atoms with E-state index >= 15 is 0 Å². The van der Waals surface area contributed by atoms with Gasteiger partial charge in [-0.25, -0.2) is 25.2 Å². The first-order valence-corrected chi connectivity index (χ1v) is 13.5. The Labute approximate surface area is 240 Å². The van der Waals surface area contributed by atoms with E-state index in [0.29, 0.717) is 11.8 Å². The highest BCUT2D eigenvalue weighted by Gasteiger charge is 2.56. The summed E-state index contributed by atoms with van der Waals surface area (Å²) in [6.45, 7) is 11.5. The van der Waals surface area contributed by atoms with Gasteiger partial charge in [0.15, 0.2) is 11.6 Å². The molecule has 3 amide bonds. The van der Waals surface area contributed by atoms with Crippen molar-refractivity contribution in [1.29, 1.82) is 0 Å². The summed E-state index contributed by atoms with van der Waals surface area (Å²) in [7, 11) is 1.39. The van der Waals surface area contributed by atoms with Gasteiger partial charge in [-0.1, -0.05) is 44.2 Å². The highest BCUT2D eigenvalue weighted by molar-refractivity contribution is 6.06. The summed E-state index contributed by atoms with van der Waals surface area (Å²) in [5, 5.41) is 3.92. The number of H-pyrrole nitrogens is 1. The van der Waals surface area contributed by atoms with Gasteiger partial charge in [0, 0.05) is 31.5 Å². The first-order valence-electron chi connectivity index (χ1n) is 13.5. The zero-order valence-corrected chi connectivity index (χ0v) is 23.2. The van der Waals surface area contributed by atoms with E-state index in [0.717, 1.165) is 16.5 Å². The van der Waals surface area contributed by atoms with E-state index in [1.807, 2.05) is 44.2 Å². The second-order valence-electron chi connectivity index (χ2n) is 11.3. The van der Waals surface area contributed by atoms with Crippen molar-refractivity contribution in [3.8, 4) is 0 Å². The first-order chi connectivity index (χ1) is 20.0. The molecule has 2 aliphatic rings. The molecule has 3 aromatic rings. The lowest BCUT2D eigenvalue weighted by atomic mass is 9.78.